The van der Waals surface area contributed by atoms with E-state index in [4.69, 9.17) is 4.74 Å². The van der Waals surface area contributed by atoms with Crippen molar-refractivity contribution >= 4 is 33.3 Å². The van der Waals surface area contributed by atoms with Gasteiger partial charge in [-0.15, -0.1) is 0 Å². The maximum absolute atomic E-state index is 14.5. The van der Waals surface area contributed by atoms with Crippen molar-refractivity contribution in [2.75, 3.05) is 0 Å². The Morgan fingerprint density at radius 2 is 1.96 bits per heavy atom. The van der Waals surface area contributed by atoms with Gasteiger partial charge in [0.05, 0.1) is 6.04 Å². The minimum absolute atomic E-state index is 0.160. The molecule has 4 rings (SSSR count). The zero-order valence-electron chi connectivity index (χ0n) is 15.1. The fraction of sp³-hybridized carbons (Fsp3) is 0.500. The number of benzene rings is 1. The maximum atomic E-state index is 14.5. The van der Waals surface area contributed by atoms with E-state index in [9.17, 15) is 9.18 Å². The summed E-state index contributed by atoms with van der Waals surface area (Å²) in [6, 6.07) is 7.62. The van der Waals surface area contributed by atoms with Gasteiger partial charge in [0.15, 0.2) is 0 Å². The first-order valence-electron chi connectivity index (χ1n) is 8.96. The molecule has 6 heteroatoms. The quantitative estimate of drug-likeness (QED) is 0.606. The summed E-state index contributed by atoms with van der Waals surface area (Å²) < 4.78 is 21.1. The molecule has 1 aliphatic carbocycles. The molecule has 0 unspecified atom stereocenters. The molecule has 0 N–H and O–H groups in total. The molecule has 138 valence electrons. The molecular formula is C20H22BrFN2O2. The molecule has 0 spiro atoms. The Bertz CT molecular complexity index is 810. The fourth-order valence-electron chi connectivity index (χ4n) is 3.88. The van der Waals surface area contributed by atoms with Crippen LogP contribution in [0.4, 0.5) is 9.18 Å². The summed E-state index contributed by atoms with van der Waals surface area (Å²) in [6.45, 7) is 5.58. The number of carbonyl (C=O) groups is 1. The molecule has 3 aliphatic rings. The van der Waals surface area contributed by atoms with Gasteiger partial charge in [-0.25, -0.2) is 9.79 Å². The number of likely N-dealkylation sites (tertiary alicyclic amines) is 1. The molecule has 1 aromatic carbocycles. The smallest absolute Gasteiger partial charge is 0.411 e. The Morgan fingerprint density at radius 1 is 1.27 bits per heavy atom. The van der Waals surface area contributed by atoms with Gasteiger partial charge in [0.25, 0.3) is 0 Å². The van der Waals surface area contributed by atoms with E-state index in [2.05, 4.69) is 20.9 Å². The van der Waals surface area contributed by atoms with Crippen LogP contribution < -0.4 is 0 Å². The zero-order valence-corrected chi connectivity index (χ0v) is 16.7. The van der Waals surface area contributed by atoms with Crippen LogP contribution in [-0.2, 0) is 4.74 Å². The molecule has 3 atom stereocenters. The zero-order chi connectivity index (χ0) is 18.6. The normalized spacial score (nSPS) is 27.5. The van der Waals surface area contributed by atoms with Crippen LogP contribution in [0.15, 0.2) is 39.7 Å². The maximum Gasteiger partial charge on any atom is 0.411 e. The molecule has 1 amide bonds. The lowest BCUT2D eigenvalue weighted by Crippen LogP contribution is -2.45. The average molecular weight is 421 g/mol. The van der Waals surface area contributed by atoms with Gasteiger partial charge in [-0.05, 0) is 57.2 Å². The molecule has 2 aliphatic heterocycles. The largest absolute Gasteiger partial charge is 0.444 e. The van der Waals surface area contributed by atoms with Crippen molar-refractivity contribution < 1.29 is 13.9 Å². The van der Waals surface area contributed by atoms with E-state index in [1.165, 1.54) is 0 Å². The Hall–Kier alpha value is -1.69. The average Bonchev–Trinajstić information content (AvgIpc) is 3.02. The van der Waals surface area contributed by atoms with Crippen molar-refractivity contribution in [2.24, 2.45) is 10.9 Å². The number of rotatable bonds is 2. The third-order valence-corrected chi connectivity index (χ3v) is 5.66. The molecule has 1 saturated carbocycles. The van der Waals surface area contributed by atoms with Gasteiger partial charge >= 0.3 is 6.09 Å². The highest BCUT2D eigenvalue weighted by atomic mass is 79.9. The molecule has 0 bridgehead atoms. The first-order chi connectivity index (χ1) is 12.2. The topological polar surface area (TPSA) is 41.9 Å². The van der Waals surface area contributed by atoms with E-state index in [0.717, 1.165) is 28.6 Å². The second-order valence-corrected chi connectivity index (χ2v) is 9.17. The third-order valence-electron chi connectivity index (χ3n) is 5.13. The second-order valence-electron chi connectivity index (χ2n) is 8.26. The molecule has 1 saturated heterocycles. The minimum atomic E-state index is -0.543. The number of fused-ring (bicyclic) bond motifs is 1. The lowest BCUT2D eigenvalue weighted by molar-refractivity contribution is 0.0230. The number of hydrogen-bond donors (Lipinski definition) is 0. The van der Waals surface area contributed by atoms with Crippen molar-refractivity contribution in [1.29, 1.82) is 0 Å². The van der Waals surface area contributed by atoms with Crippen molar-refractivity contribution in [3.8, 4) is 0 Å². The third kappa shape index (κ3) is 3.31. The van der Waals surface area contributed by atoms with Crippen molar-refractivity contribution in [3.05, 3.63) is 40.3 Å². The first-order valence-corrected chi connectivity index (χ1v) is 9.75. The molecule has 26 heavy (non-hydrogen) atoms. The predicted molar refractivity (Wildman–Crippen MR) is 103 cm³/mol. The van der Waals surface area contributed by atoms with Gasteiger partial charge in [0, 0.05) is 28.2 Å². The van der Waals surface area contributed by atoms with Crippen LogP contribution in [0.1, 0.15) is 45.6 Å². The number of halogens is 2. The number of aliphatic imine (C=N–C) groups is 1. The predicted octanol–water partition coefficient (Wildman–Crippen LogP) is 5.33. The summed E-state index contributed by atoms with van der Waals surface area (Å²) in [5, 5.41) is 0. The fourth-order valence-corrected chi connectivity index (χ4v) is 4.15. The molecule has 4 nitrogen and oxygen atoms in total. The van der Waals surface area contributed by atoms with Gasteiger partial charge in [-0.2, -0.15) is 4.39 Å². The molecule has 1 aromatic rings. The Kier molecular flexibility index (Phi) is 4.21. The standard InChI is InChI=1S/C20H22BrFN2O2/c1-20(2,3)26-19(25)24-16-8-12(16)9-17(24)15-10-14(18(22)23-15)11-4-6-13(21)7-5-11/h4-7,12,16-17H,8-10H2,1-3H3/t12-,16-,17+/m1/s1. The highest BCUT2D eigenvalue weighted by Gasteiger charge is 2.56. The van der Waals surface area contributed by atoms with Crippen LogP contribution in [0, 0.1) is 5.92 Å². The summed E-state index contributed by atoms with van der Waals surface area (Å²) in [6.07, 6.45) is 1.99. The highest BCUT2D eigenvalue weighted by molar-refractivity contribution is 9.10. The Balaban J connectivity index is 1.52. The summed E-state index contributed by atoms with van der Waals surface area (Å²) in [7, 11) is 0. The van der Waals surface area contributed by atoms with E-state index < -0.39 is 11.6 Å². The van der Waals surface area contributed by atoms with E-state index in [1.54, 1.807) is 4.90 Å². The number of ether oxygens (including phenoxy) is 1. The summed E-state index contributed by atoms with van der Waals surface area (Å²) in [5.74, 6) is 0.0574. The summed E-state index contributed by atoms with van der Waals surface area (Å²) in [4.78, 5) is 18.7. The second kappa shape index (κ2) is 6.19. The lowest BCUT2D eigenvalue weighted by atomic mass is 9.97. The Labute approximate surface area is 161 Å². The van der Waals surface area contributed by atoms with Crippen LogP contribution in [0.25, 0.3) is 5.57 Å². The van der Waals surface area contributed by atoms with Gasteiger partial charge in [-0.3, -0.25) is 4.90 Å². The first kappa shape index (κ1) is 17.7. The number of allylic oxidation sites excluding steroid dienone is 1. The van der Waals surface area contributed by atoms with Crippen molar-refractivity contribution in [2.45, 2.75) is 57.7 Å². The van der Waals surface area contributed by atoms with Gasteiger partial charge in [-0.1, -0.05) is 28.1 Å². The van der Waals surface area contributed by atoms with E-state index in [-0.39, 0.29) is 18.2 Å². The van der Waals surface area contributed by atoms with E-state index in [0.29, 0.717) is 17.9 Å². The molecule has 0 aromatic heterocycles. The highest BCUT2D eigenvalue weighted by Crippen LogP contribution is 2.50. The number of piperidine rings is 1. The van der Waals surface area contributed by atoms with Gasteiger partial charge in [0.2, 0.25) is 5.95 Å². The minimum Gasteiger partial charge on any atom is -0.444 e. The molecular weight excluding hydrogens is 399 g/mol. The number of carbonyl (C=O) groups excluding carboxylic acids is 1. The molecule has 2 fully saturated rings. The van der Waals surface area contributed by atoms with Crippen LogP contribution in [-0.4, -0.2) is 34.4 Å². The summed E-state index contributed by atoms with van der Waals surface area (Å²) in [5.41, 5.74) is 1.62. The van der Waals surface area contributed by atoms with Crippen molar-refractivity contribution in [3.63, 3.8) is 0 Å². The number of nitrogens with zero attached hydrogens (tertiary/aromatic N) is 2. The van der Waals surface area contributed by atoms with Gasteiger partial charge in [0.1, 0.15) is 5.60 Å². The van der Waals surface area contributed by atoms with E-state index >= 15 is 0 Å². The van der Waals surface area contributed by atoms with Crippen molar-refractivity contribution in [1.82, 2.24) is 4.90 Å². The van der Waals surface area contributed by atoms with Gasteiger partial charge < -0.3 is 4.74 Å². The Morgan fingerprint density at radius 3 is 2.62 bits per heavy atom. The van der Waals surface area contributed by atoms with Crippen LogP contribution in [0.5, 0.6) is 0 Å². The molecule has 2 heterocycles. The van der Waals surface area contributed by atoms with Crippen LogP contribution in [0.2, 0.25) is 0 Å². The van der Waals surface area contributed by atoms with Crippen LogP contribution >= 0.6 is 15.9 Å². The number of hydrogen-bond acceptors (Lipinski definition) is 3. The molecule has 0 radical (unpaired) electrons. The van der Waals surface area contributed by atoms with Crippen LogP contribution in [0.3, 0.4) is 0 Å². The summed E-state index contributed by atoms with van der Waals surface area (Å²) >= 11 is 3.40. The monoisotopic (exact) mass is 420 g/mol. The SMILES string of the molecule is CC(C)(C)OC(=O)N1[C@@H]2C[C@@H]2C[C@H]1C1=NC(F)=C(c2ccc(Br)cc2)C1. The van der Waals surface area contributed by atoms with E-state index in [1.807, 2.05) is 45.0 Å². The lowest BCUT2D eigenvalue weighted by Gasteiger charge is -2.30. The number of amides is 1.